The summed E-state index contributed by atoms with van der Waals surface area (Å²) >= 11 is 0. The highest BCUT2D eigenvalue weighted by atomic mass is 15.2. The van der Waals surface area contributed by atoms with Crippen LogP contribution in [0.5, 0.6) is 0 Å². The molecule has 0 aromatic carbocycles. The smallest absolute Gasteiger partial charge is 0.0207 e. The monoisotopic (exact) mass is 196 g/mol. The molecule has 0 radical (unpaired) electrons. The van der Waals surface area contributed by atoms with Crippen molar-refractivity contribution in [3.63, 3.8) is 0 Å². The molecule has 1 saturated heterocycles. The minimum absolute atomic E-state index is 0.785. The van der Waals surface area contributed by atoms with Gasteiger partial charge in [-0.3, -0.25) is 4.90 Å². The third-order valence-electron chi connectivity index (χ3n) is 3.78. The number of rotatable bonds is 5. The minimum atomic E-state index is 0.785. The number of hydrogen-bond acceptors (Lipinski definition) is 2. The summed E-state index contributed by atoms with van der Waals surface area (Å²) < 4.78 is 0. The lowest BCUT2D eigenvalue weighted by molar-refractivity contribution is 0.301. The topological polar surface area (TPSA) is 15.3 Å². The van der Waals surface area contributed by atoms with E-state index in [1.807, 2.05) is 0 Å². The molecule has 2 heteroatoms. The Bertz CT molecular complexity index is 181. The Balaban J connectivity index is 1.68. The van der Waals surface area contributed by atoms with E-state index in [4.69, 9.17) is 0 Å². The fraction of sp³-hybridized carbons (Fsp3) is 1.00. The van der Waals surface area contributed by atoms with E-state index in [1.165, 1.54) is 45.3 Å². The van der Waals surface area contributed by atoms with E-state index in [9.17, 15) is 0 Å². The van der Waals surface area contributed by atoms with Crippen molar-refractivity contribution in [3.05, 3.63) is 0 Å². The SMILES string of the molecule is CCCNC1CCN(C2CC2CC)C1. The average Bonchev–Trinajstić information content (AvgIpc) is 2.86. The van der Waals surface area contributed by atoms with Gasteiger partial charge in [0.1, 0.15) is 0 Å². The fourth-order valence-electron chi connectivity index (χ4n) is 2.72. The van der Waals surface area contributed by atoms with Gasteiger partial charge in [-0.15, -0.1) is 0 Å². The zero-order chi connectivity index (χ0) is 9.97. The molecule has 1 aliphatic carbocycles. The zero-order valence-corrected chi connectivity index (χ0v) is 9.63. The minimum Gasteiger partial charge on any atom is -0.313 e. The fourth-order valence-corrected chi connectivity index (χ4v) is 2.72. The molecule has 0 aromatic rings. The molecule has 2 fully saturated rings. The molecule has 1 aliphatic heterocycles. The Hall–Kier alpha value is -0.0800. The highest BCUT2D eigenvalue weighted by molar-refractivity contribution is 4.98. The molecule has 0 aromatic heterocycles. The van der Waals surface area contributed by atoms with Gasteiger partial charge in [0.2, 0.25) is 0 Å². The first-order valence-electron chi connectivity index (χ1n) is 6.32. The van der Waals surface area contributed by atoms with Crippen molar-refractivity contribution in [1.82, 2.24) is 10.2 Å². The molecule has 3 unspecified atom stereocenters. The van der Waals surface area contributed by atoms with Gasteiger partial charge in [0.15, 0.2) is 0 Å². The molecule has 0 amide bonds. The molecule has 14 heavy (non-hydrogen) atoms. The Morgan fingerprint density at radius 1 is 1.36 bits per heavy atom. The molecule has 0 spiro atoms. The van der Waals surface area contributed by atoms with E-state index in [-0.39, 0.29) is 0 Å². The van der Waals surface area contributed by atoms with Crippen LogP contribution in [-0.4, -0.2) is 36.6 Å². The summed E-state index contributed by atoms with van der Waals surface area (Å²) in [4.78, 5) is 2.71. The van der Waals surface area contributed by atoms with Gasteiger partial charge in [-0.1, -0.05) is 20.3 Å². The maximum absolute atomic E-state index is 3.64. The summed E-state index contributed by atoms with van der Waals surface area (Å²) in [5, 5.41) is 3.64. The molecule has 1 saturated carbocycles. The first-order chi connectivity index (χ1) is 6.85. The zero-order valence-electron chi connectivity index (χ0n) is 9.63. The molecular weight excluding hydrogens is 172 g/mol. The van der Waals surface area contributed by atoms with Gasteiger partial charge < -0.3 is 5.32 Å². The summed E-state index contributed by atoms with van der Waals surface area (Å²) in [6.45, 7) is 8.41. The molecule has 2 rings (SSSR count). The van der Waals surface area contributed by atoms with Crippen LogP contribution in [0.25, 0.3) is 0 Å². The van der Waals surface area contributed by atoms with Gasteiger partial charge in [0.05, 0.1) is 0 Å². The van der Waals surface area contributed by atoms with Gasteiger partial charge in [0.25, 0.3) is 0 Å². The standard InChI is InChI=1S/C12H24N2/c1-3-6-13-11-5-7-14(9-11)12-8-10(12)4-2/h10-13H,3-9H2,1-2H3. The molecule has 2 aliphatic rings. The van der Waals surface area contributed by atoms with Crippen molar-refractivity contribution < 1.29 is 0 Å². The molecule has 2 nitrogen and oxygen atoms in total. The lowest BCUT2D eigenvalue weighted by atomic mass is 10.2. The van der Waals surface area contributed by atoms with E-state index < -0.39 is 0 Å². The molecule has 0 bridgehead atoms. The van der Waals surface area contributed by atoms with Crippen LogP contribution in [0, 0.1) is 5.92 Å². The van der Waals surface area contributed by atoms with Gasteiger partial charge in [-0.2, -0.15) is 0 Å². The van der Waals surface area contributed by atoms with E-state index >= 15 is 0 Å². The number of nitrogens with one attached hydrogen (secondary N) is 1. The Morgan fingerprint density at radius 2 is 2.21 bits per heavy atom. The normalized spacial score (nSPS) is 37.7. The average molecular weight is 196 g/mol. The third kappa shape index (κ3) is 2.29. The second-order valence-corrected chi connectivity index (χ2v) is 4.91. The highest BCUT2D eigenvalue weighted by Crippen LogP contribution is 2.39. The lowest BCUT2D eigenvalue weighted by Crippen LogP contribution is -2.34. The van der Waals surface area contributed by atoms with E-state index in [1.54, 1.807) is 0 Å². The van der Waals surface area contributed by atoms with Crippen molar-refractivity contribution in [2.75, 3.05) is 19.6 Å². The largest absolute Gasteiger partial charge is 0.313 e. The van der Waals surface area contributed by atoms with E-state index in [0.717, 1.165) is 18.0 Å². The van der Waals surface area contributed by atoms with Gasteiger partial charge in [-0.05, 0) is 31.7 Å². The van der Waals surface area contributed by atoms with Crippen LogP contribution in [0.15, 0.2) is 0 Å². The summed E-state index contributed by atoms with van der Waals surface area (Å²) in [6, 6.07) is 1.74. The molecule has 1 N–H and O–H groups in total. The van der Waals surface area contributed by atoms with Crippen molar-refractivity contribution in [1.29, 1.82) is 0 Å². The first-order valence-corrected chi connectivity index (χ1v) is 6.32. The molecule has 1 heterocycles. The third-order valence-corrected chi connectivity index (χ3v) is 3.78. The Labute approximate surface area is 88.1 Å². The number of likely N-dealkylation sites (tertiary alicyclic amines) is 1. The predicted molar refractivity (Wildman–Crippen MR) is 60.5 cm³/mol. The van der Waals surface area contributed by atoms with Crippen LogP contribution in [0.4, 0.5) is 0 Å². The lowest BCUT2D eigenvalue weighted by Gasteiger charge is -2.16. The molecule has 82 valence electrons. The van der Waals surface area contributed by atoms with Gasteiger partial charge in [0, 0.05) is 25.2 Å². The molecule has 3 atom stereocenters. The Morgan fingerprint density at radius 3 is 2.86 bits per heavy atom. The first kappa shape index (κ1) is 10.4. The van der Waals surface area contributed by atoms with Crippen LogP contribution < -0.4 is 5.32 Å². The summed E-state index contributed by atoms with van der Waals surface area (Å²) in [5.41, 5.74) is 0. The second-order valence-electron chi connectivity index (χ2n) is 4.91. The van der Waals surface area contributed by atoms with Crippen LogP contribution in [0.1, 0.15) is 39.5 Å². The number of hydrogen-bond donors (Lipinski definition) is 1. The maximum Gasteiger partial charge on any atom is 0.0207 e. The summed E-state index contributed by atoms with van der Waals surface area (Å²) in [5.74, 6) is 1.03. The van der Waals surface area contributed by atoms with E-state index in [2.05, 4.69) is 24.1 Å². The van der Waals surface area contributed by atoms with E-state index in [0.29, 0.717) is 0 Å². The quantitative estimate of drug-likeness (QED) is 0.722. The van der Waals surface area contributed by atoms with Crippen LogP contribution in [0.3, 0.4) is 0 Å². The van der Waals surface area contributed by atoms with Crippen LogP contribution in [-0.2, 0) is 0 Å². The molecular formula is C12H24N2. The maximum atomic E-state index is 3.64. The van der Waals surface area contributed by atoms with Crippen molar-refractivity contribution >= 4 is 0 Å². The van der Waals surface area contributed by atoms with Crippen molar-refractivity contribution in [2.24, 2.45) is 5.92 Å². The van der Waals surface area contributed by atoms with Gasteiger partial charge >= 0.3 is 0 Å². The summed E-state index contributed by atoms with van der Waals surface area (Å²) in [7, 11) is 0. The highest BCUT2D eigenvalue weighted by Gasteiger charge is 2.42. The van der Waals surface area contributed by atoms with Crippen molar-refractivity contribution in [2.45, 2.75) is 51.6 Å². The van der Waals surface area contributed by atoms with Crippen LogP contribution >= 0.6 is 0 Å². The van der Waals surface area contributed by atoms with Crippen LogP contribution in [0.2, 0.25) is 0 Å². The summed E-state index contributed by atoms with van der Waals surface area (Å²) in [6.07, 6.45) is 5.48. The Kier molecular flexibility index (Phi) is 3.45. The van der Waals surface area contributed by atoms with Crippen molar-refractivity contribution in [3.8, 4) is 0 Å². The second kappa shape index (κ2) is 4.63. The number of nitrogens with zero attached hydrogens (tertiary/aromatic N) is 1. The predicted octanol–water partition coefficient (Wildman–Crippen LogP) is 1.86. The van der Waals surface area contributed by atoms with Gasteiger partial charge in [-0.25, -0.2) is 0 Å².